The molecule has 2 aromatic heterocycles. The molecule has 0 saturated carbocycles. The number of H-pyrrole nitrogens is 1. The molecular weight excluding hydrogens is 340 g/mol. The molecule has 1 fully saturated rings. The summed E-state index contributed by atoms with van der Waals surface area (Å²) >= 11 is 6.41. The molecule has 0 spiro atoms. The fraction of sp³-hybridized carbons (Fsp3) is 0.333. The zero-order valence-corrected chi connectivity index (χ0v) is 14.5. The lowest BCUT2D eigenvalue weighted by Crippen LogP contribution is -2.47. The maximum Gasteiger partial charge on any atom is 0.317 e. The molecule has 0 atom stereocenters. The third-order valence-electron chi connectivity index (χ3n) is 4.56. The molecule has 2 N–H and O–H groups in total. The number of nitrogens with one attached hydrogen (secondary N) is 2. The number of urea groups is 1. The number of likely N-dealkylation sites (tertiary alicyclic amines) is 1. The second-order valence-electron chi connectivity index (χ2n) is 6.32. The van der Waals surface area contributed by atoms with Gasteiger partial charge >= 0.3 is 6.03 Å². The van der Waals surface area contributed by atoms with Crippen molar-refractivity contribution in [3.8, 4) is 0 Å². The zero-order valence-electron chi connectivity index (χ0n) is 13.7. The first kappa shape index (κ1) is 16.0. The van der Waals surface area contributed by atoms with Crippen LogP contribution >= 0.6 is 11.6 Å². The molecule has 2 amide bonds. The van der Waals surface area contributed by atoms with Crippen LogP contribution in [0.25, 0.3) is 10.9 Å². The fourth-order valence-corrected chi connectivity index (χ4v) is 3.24. The molecule has 3 heterocycles. The van der Waals surface area contributed by atoms with Gasteiger partial charge in [-0.2, -0.15) is 0 Å². The molecule has 130 valence electrons. The molecule has 0 radical (unpaired) electrons. The minimum atomic E-state index is -0.00348. The molecule has 1 aromatic carbocycles. The Morgan fingerprint density at radius 2 is 2.20 bits per heavy atom. The van der Waals surface area contributed by atoms with Crippen molar-refractivity contribution in [1.82, 2.24) is 20.4 Å². The predicted molar refractivity (Wildman–Crippen MR) is 95.6 cm³/mol. The highest BCUT2D eigenvalue weighted by molar-refractivity contribution is 6.32. The van der Waals surface area contributed by atoms with E-state index >= 15 is 0 Å². The van der Waals surface area contributed by atoms with Crippen LogP contribution in [0.2, 0.25) is 5.02 Å². The van der Waals surface area contributed by atoms with Gasteiger partial charge in [0.25, 0.3) is 0 Å². The summed E-state index contributed by atoms with van der Waals surface area (Å²) < 4.78 is 4.85. The van der Waals surface area contributed by atoms with Crippen LogP contribution in [0.1, 0.15) is 23.4 Å². The van der Waals surface area contributed by atoms with E-state index in [0.717, 1.165) is 65.2 Å². The average molecular weight is 359 g/mol. The van der Waals surface area contributed by atoms with E-state index in [4.69, 9.17) is 16.1 Å². The van der Waals surface area contributed by atoms with Gasteiger partial charge in [0.05, 0.1) is 12.2 Å². The van der Waals surface area contributed by atoms with E-state index in [1.54, 1.807) is 6.26 Å². The highest BCUT2D eigenvalue weighted by atomic mass is 35.5. The van der Waals surface area contributed by atoms with Gasteiger partial charge in [-0.15, -0.1) is 0 Å². The number of hydrogen-bond acceptors (Lipinski definition) is 3. The van der Waals surface area contributed by atoms with Crippen molar-refractivity contribution < 1.29 is 9.32 Å². The average Bonchev–Trinajstić information content (AvgIpc) is 3.17. The minimum absolute atomic E-state index is 0.00348. The Morgan fingerprint density at radius 1 is 1.32 bits per heavy atom. The molecule has 1 aliphatic rings. The quantitative estimate of drug-likeness (QED) is 0.733. The summed E-state index contributed by atoms with van der Waals surface area (Å²) in [5, 5.41) is 8.65. The van der Waals surface area contributed by atoms with Gasteiger partial charge in [-0.25, -0.2) is 4.79 Å². The van der Waals surface area contributed by atoms with Crippen molar-refractivity contribution in [2.45, 2.75) is 25.8 Å². The summed E-state index contributed by atoms with van der Waals surface area (Å²) in [6, 6.07) is 7.92. The van der Waals surface area contributed by atoms with E-state index in [1.807, 2.05) is 23.1 Å². The number of aryl methyl sites for hydroxylation is 2. The predicted octanol–water partition coefficient (Wildman–Crippen LogP) is 3.51. The van der Waals surface area contributed by atoms with Crippen molar-refractivity contribution >= 4 is 28.5 Å². The third kappa shape index (κ3) is 3.49. The minimum Gasteiger partial charge on any atom is -0.365 e. The van der Waals surface area contributed by atoms with Gasteiger partial charge in [0, 0.05) is 40.8 Å². The number of fused-ring (bicyclic) bond motifs is 1. The second kappa shape index (κ2) is 6.80. The fourth-order valence-electron chi connectivity index (χ4n) is 2.98. The van der Waals surface area contributed by atoms with Gasteiger partial charge in [0.1, 0.15) is 6.26 Å². The number of rotatable bonds is 5. The van der Waals surface area contributed by atoms with Crippen LogP contribution in [0.4, 0.5) is 4.79 Å². The van der Waals surface area contributed by atoms with E-state index in [0.29, 0.717) is 6.54 Å². The number of carbonyl (C=O) groups excluding carboxylic acids is 1. The van der Waals surface area contributed by atoms with Crippen molar-refractivity contribution in [3.63, 3.8) is 0 Å². The summed E-state index contributed by atoms with van der Waals surface area (Å²) in [6.07, 6.45) is 4.24. The first-order chi connectivity index (χ1) is 12.2. The number of carbonyl (C=O) groups is 1. The van der Waals surface area contributed by atoms with Crippen LogP contribution in [0.5, 0.6) is 0 Å². The summed E-state index contributed by atoms with van der Waals surface area (Å²) in [5.41, 5.74) is 3.97. The van der Waals surface area contributed by atoms with Gasteiger partial charge in [-0.05, 0) is 43.0 Å². The molecule has 0 aliphatic carbocycles. The smallest absolute Gasteiger partial charge is 0.317 e. The Balaban J connectivity index is 1.45. The highest BCUT2D eigenvalue weighted by Crippen LogP contribution is 2.26. The Kier molecular flexibility index (Phi) is 4.36. The molecule has 25 heavy (non-hydrogen) atoms. The topological polar surface area (TPSA) is 74.2 Å². The summed E-state index contributed by atoms with van der Waals surface area (Å²) in [6.45, 7) is 2.18. The molecular formula is C18H19ClN4O2. The Morgan fingerprint density at radius 3 is 2.92 bits per heavy atom. The molecule has 6 nitrogen and oxygen atoms in total. The molecule has 3 aromatic rings. The monoisotopic (exact) mass is 358 g/mol. The van der Waals surface area contributed by atoms with Crippen molar-refractivity contribution in [1.29, 1.82) is 0 Å². The SMILES string of the molecule is O=C(NCc1cc2cc(Cl)c(CCc3ccon3)cc2[nH]1)N1CCC1. The van der Waals surface area contributed by atoms with E-state index in [-0.39, 0.29) is 6.03 Å². The van der Waals surface area contributed by atoms with Gasteiger partial charge < -0.3 is 19.7 Å². The lowest BCUT2D eigenvalue weighted by molar-refractivity contribution is 0.167. The van der Waals surface area contributed by atoms with Crippen molar-refractivity contribution in [3.05, 3.63) is 52.5 Å². The first-order valence-corrected chi connectivity index (χ1v) is 8.79. The van der Waals surface area contributed by atoms with Gasteiger partial charge in [-0.1, -0.05) is 16.8 Å². The largest absolute Gasteiger partial charge is 0.365 e. The number of hydrogen-bond donors (Lipinski definition) is 2. The number of halogens is 1. The standard InChI is InChI=1S/C18H19ClN4O2/c19-16-9-13-8-15(11-20-18(24)23-5-1-6-23)21-17(13)10-12(16)2-3-14-4-7-25-22-14/h4,7-10,21H,1-3,5-6,11H2,(H,20,24). The van der Waals surface area contributed by atoms with E-state index in [1.165, 1.54) is 0 Å². The highest BCUT2D eigenvalue weighted by Gasteiger charge is 2.19. The molecule has 1 aliphatic heterocycles. The summed E-state index contributed by atoms with van der Waals surface area (Å²) in [5.74, 6) is 0. The van der Waals surface area contributed by atoms with Gasteiger partial charge in [-0.3, -0.25) is 0 Å². The van der Waals surface area contributed by atoms with Crippen LogP contribution < -0.4 is 5.32 Å². The molecule has 1 saturated heterocycles. The summed E-state index contributed by atoms with van der Waals surface area (Å²) in [7, 11) is 0. The second-order valence-corrected chi connectivity index (χ2v) is 6.72. The number of aromatic amines is 1. The van der Waals surface area contributed by atoms with Crippen LogP contribution in [-0.4, -0.2) is 34.2 Å². The number of benzene rings is 1. The zero-order chi connectivity index (χ0) is 17.2. The van der Waals surface area contributed by atoms with E-state index < -0.39 is 0 Å². The van der Waals surface area contributed by atoms with E-state index in [9.17, 15) is 4.79 Å². The van der Waals surface area contributed by atoms with Crippen molar-refractivity contribution in [2.24, 2.45) is 0 Å². The van der Waals surface area contributed by atoms with Crippen LogP contribution in [0, 0.1) is 0 Å². The van der Waals surface area contributed by atoms with Gasteiger partial charge in [0.15, 0.2) is 0 Å². The Labute approximate surface area is 150 Å². The maximum absolute atomic E-state index is 11.9. The summed E-state index contributed by atoms with van der Waals surface area (Å²) in [4.78, 5) is 17.1. The Hall–Kier alpha value is -2.47. The third-order valence-corrected chi connectivity index (χ3v) is 4.91. The number of amides is 2. The van der Waals surface area contributed by atoms with E-state index in [2.05, 4.69) is 21.5 Å². The lowest BCUT2D eigenvalue weighted by atomic mass is 10.1. The number of nitrogens with zero attached hydrogens (tertiary/aromatic N) is 2. The molecule has 0 bridgehead atoms. The first-order valence-electron chi connectivity index (χ1n) is 8.41. The van der Waals surface area contributed by atoms with Crippen LogP contribution in [0.15, 0.2) is 35.1 Å². The maximum atomic E-state index is 11.9. The van der Waals surface area contributed by atoms with Gasteiger partial charge in [0.2, 0.25) is 0 Å². The normalized spacial score (nSPS) is 13.9. The number of aromatic nitrogens is 2. The van der Waals surface area contributed by atoms with Crippen LogP contribution in [-0.2, 0) is 19.4 Å². The lowest BCUT2D eigenvalue weighted by Gasteiger charge is -2.30. The van der Waals surface area contributed by atoms with Crippen molar-refractivity contribution in [2.75, 3.05) is 13.1 Å². The molecule has 7 heteroatoms. The van der Waals surface area contributed by atoms with Crippen LogP contribution in [0.3, 0.4) is 0 Å². The molecule has 4 rings (SSSR count). The molecule has 0 unspecified atom stereocenters. The Bertz CT molecular complexity index is 884.